The lowest BCUT2D eigenvalue weighted by atomic mass is 10.1. The van der Waals surface area contributed by atoms with E-state index in [1.807, 2.05) is 0 Å². The van der Waals surface area contributed by atoms with Gasteiger partial charge in [-0.2, -0.15) is 0 Å². The summed E-state index contributed by atoms with van der Waals surface area (Å²) in [6.07, 6.45) is 11.6. The number of nitrogens with zero attached hydrogens (tertiary/aromatic N) is 1. The van der Waals surface area contributed by atoms with E-state index in [1.165, 1.54) is 57.1 Å². The van der Waals surface area contributed by atoms with E-state index in [-0.39, 0.29) is 22.8 Å². The smallest absolute Gasteiger partial charge is 0.321 e. The Balaban J connectivity index is 2.30. The fourth-order valence-corrected chi connectivity index (χ4v) is 3.41. The van der Waals surface area contributed by atoms with Crippen LogP contribution < -0.4 is 10.6 Å². The predicted molar refractivity (Wildman–Crippen MR) is 123 cm³/mol. The minimum absolute atomic E-state index is 0.0831. The number of carboxylic acid groups (broad SMARTS) is 1. The molecule has 0 aliphatic carbocycles. The molecular formula is C22H34ClN3O5. The Hall–Kier alpha value is -2.19. The Morgan fingerprint density at radius 2 is 1.65 bits per heavy atom. The highest BCUT2D eigenvalue weighted by Gasteiger charge is 2.21. The molecule has 0 aliphatic heterocycles. The van der Waals surface area contributed by atoms with E-state index in [4.69, 9.17) is 11.6 Å². The molecule has 9 heteroatoms. The molecule has 1 aromatic carbocycles. The van der Waals surface area contributed by atoms with Gasteiger partial charge in [0.2, 0.25) is 5.91 Å². The quantitative estimate of drug-likeness (QED) is 0.161. The number of hydrogen-bond donors (Lipinski definition) is 3. The molecule has 1 rings (SSSR count). The number of hydrogen-bond acceptors (Lipinski definition) is 5. The molecule has 0 spiro atoms. The van der Waals surface area contributed by atoms with Gasteiger partial charge < -0.3 is 15.7 Å². The first-order chi connectivity index (χ1) is 14.8. The maximum Gasteiger partial charge on any atom is 0.321 e. The van der Waals surface area contributed by atoms with Crippen molar-refractivity contribution in [3.8, 4) is 0 Å². The van der Waals surface area contributed by atoms with Gasteiger partial charge in [-0.3, -0.25) is 19.7 Å². The number of benzene rings is 1. The number of halogens is 1. The summed E-state index contributed by atoms with van der Waals surface area (Å²) >= 11 is 5.96. The SMILES string of the molecule is CCCCCCCCCCCCNC(CC(=O)Nc1cc([N+](=O)[O-])ccc1Cl)C(=O)O. The van der Waals surface area contributed by atoms with Gasteiger partial charge in [-0.1, -0.05) is 76.3 Å². The summed E-state index contributed by atoms with van der Waals surface area (Å²) in [6, 6.07) is 2.66. The van der Waals surface area contributed by atoms with Crippen molar-refractivity contribution in [2.45, 2.75) is 83.6 Å². The number of rotatable bonds is 17. The Bertz CT molecular complexity index is 714. The van der Waals surface area contributed by atoms with Gasteiger partial charge in [0, 0.05) is 12.1 Å². The molecule has 1 amide bonds. The van der Waals surface area contributed by atoms with Crippen LogP contribution in [0.4, 0.5) is 11.4 Å². The van der Waals surface area contributed by atoms with Crippen LogP contribution in [0, 0.1) is 10.1 Å². The van der Waals surface area contributed by atoms with Gasteiger partial charge in [-0.15, -0.1) is 0 Å². The van der Waals surface area contributed by atoms with Crippen molar-refractivity contribution in [1.29, 1.82) is 0 Å². The first-order valence-corrected chi connectivity index (χ1v) is 11.4. The Kier molecular flexibility index (Phi) is 13.5. The van der Waals surface area contributed by atoms with Crippen molar-refractivity contribution >= 4 is 34.9 Å². The lowest BCUT2D eigenvalue weighted by Gasteiger charge is -2.15. The zero-order valence-electron chi connectivity index (χ0n) is 18.2. The summed E-state index contributed by atoms with van der Waals surface area (Å²) in [4.78, 5) is 33.9. The second-order valence-electron chi connectivity index (χ2n) is 7.70. The number of non-ortho nitro benzene ring substituents is 1. The number of carbonyl (C=O) groups excluding carboxylic acids is 1. The topological polar surface area (TPSA) is 122 Å². The average Bonchev–Trinajstić information content (AvgIpc) is 2.72. The van der Waals surface area contributed by atoms with Gasteiger partial charge >= 0.3 is 5.97 Å². The van der Waals surface area contributed by atoms with Gasteiger partial charge in [0.25, 0.3) is 5.69 Å². The molecule has 174 valence electrons. The first kappa shape index (κ1) is 26.8. The number of nitro groups is 1. The average molecular weight is 456 g/mol. The summed E-state index contributed by atoms with van der Waals surface area (Å²) in [7, 11) is 0. The number of carbonyl (C=O) groups is 2. The van der Waals surface area contributed by atoms with E-state index in [1.54, 1.807) is 0 Å². The van der Waals surface area contributed by atoms with Gasteiger partial charge in [0.15, 0.2) is 0 Å². The predicted octanol–water partition coefficient (Wildman–Crippen LogP) is 5.54. The van der Waals surface area contributed by atoms with Gasteiger partial charge in [0.05, 0.1) is 22.1 Å². The van der Waals surface area contributed by atoms with Crippen LogP contribution in [0.5, 0.6) is 0 Å². The Morgan fingerprint density at radius 1 is 1.06 bits per heavy atom. The van der Waals surface area contributed by atoms with Crippen LogP contribution in [0.2, 0.25) is 5.02 Å². The summed E-state index contributed by atoms with van der Waals surface area (Å²) in [5.74, 6) is -1.70. The molecule has 1 aromatic rings. The van der Waals surface area contributed by atoms with Gasteiger partial charge in [-0.25, -0.2) is 0 Å². The third-order valence-electron chi connectivity index (χ3n) is 5.04. The summed E-state index contributed by atoms with van der Waals surface area (Å²) in [6.45, 7) is 2.72. The lowest BCUT2D eigenvalue weighted by Crippen LogP contribution is -2.40. The van der Waals surface area contributed by atoms with Crippen LogP contribution in [-0.2, 0) is 9.59 Å². The molecule has 0 bridgehead atoms. The monoisotopic (exact) mass is 455 g/mol. The Morgan fingerprint density at radius 3 is 2.19 bits per heavy atom. The van der Waals surface area contributed by atoms with Gasteiger partial charge in [0.1, 0.15) is 6.04 Å². The van der Waals surface area contributed by atoms with Crippen LogP contribution in [0.3, 0.4) is 0 Å². The molecule has 1 atom stereocenters. The summed E-state index contributed by atoms with van der Waals surface area (Å²) < 4.78 is 0. The number of anilines is 1. The van der Waals surface area contributed by atoms with Crippen molar-refractivity contribution in [3.63, 3.8) is 0 Å². The highest BCUT2D eigenvalue weighted by atomic mass is 35.5. The molecule has 8 nitrogen and oxygen atoms in total. The molecule has 0 radical (unpaired) electrons. The fourth-order valence-electron chi connectivity index (χ4n) is 3.24. The lowest BCUT2D eigenvalue weighted by molar-refractivity contribution is -0.384. The number of aliphatic carboxylic acids is 1. The van der Waals surface area contributed by atoms with E-state index in [9.17, 15) is 24.8 Å². The van der Waals surface area contributed by atoms with Crippen molar-refractivity contribution in [2.24, 2.45) is 0 Å². The van der Waals surface area contributed by atoms with E-state index >= 15 is 0 Å². The second kappa shape index (κ2) is 15.6. The number of carboxylic acids is 1. The molecule has 0 saturated carbocycles. The molecule has 0 heterocycles. The Labute approximate surface area is 188 Å². The fraction of sp³-hybridized carbons (Fsp3) is 0.636. The molecule has 0 fully saturated rings. The molecule has 0 aliphatic rings. The zero-order valence-corrected chi connectivity index (χ0v) is 19.0. The number of nitrogens with one attached hydrogen (secondary N) is 2. The van der Waals surface area contributed by atoms with Crippen LogP contribution in [0.25, 0.3) is 0 Å². The van der Waals surface area contributed by atoms with Crippen LogP contribution in [0.15, 0.2) is 18.2 Å². The number of unbranched alkanes of at least 4 members (excludes halogenated alkanes) is 9. The maximum atomic E-state index is 12.2. The van der Waals surface area contributed by atoms with E-state index in [2.05, 4.69) is 17.6 Å². The van der Waals surface area contributed by atoms with Crippen LogP contribution >= 0.6 is 11.6 Å². The van der Waals surface area contributed by atoms with E-state index in [0.29, 0.717) is 6.54 Å². The van der Waals surface area contributed by atoms with Crippen molar-refractivity contribution in [2.75, 3.05) is 11.9 Å². The molecule has 3 N–H and O–H groups in total. The van der Waals surface area contributed by atoms with Crippen LogP contribution in [-0.4, -0.2) is 34.5 Å². The minimum Gasteiger partial charge on any atom is -0.480 e. The molecular weight excluding hydrogens is 422 g/mol. The number of amides is 1. The highest BCUT2D eigenvalue weighted by Crippen LogP contribution is 2.26. The van der Waals surface area contributed by atoms with Crippen molar-refractivity contribution < 1.29 is 19.6 Å². The third kappa shape index (κ3) is 11.7. The molecule has 1 unspecified atom stereocenters. The molecule has 0 saturated heterocycles. The largest absolute Gasteiger partial charge is 0.480 e. The number of nitro benzene ring substituents is 1. The third-order valence-corrected chi connectivity index (χ3v) is 5.37. The van der Waals surface area contributed by atoms with Crippen LogP contribution in [0.1, 0.15) is 77.6 Å². The second-order valence-corrected chi connectivity index (χ2v) is 8.11. The van der Waals surface area contributed by atoms with Gasteiger partial charge in [-0.05, 0) is 19.0 Å². The molecule has 0 aromatic heterocycles. The highest BCUT2D eigenvalue weighted by molar-refractivity contribution is 6.33. The molecule has 31 heavy (non-hydrogen) atoms. The standard InChI is InChI=1S/C22H34ClN3O5/c1-2-3-4-5-6-7-8-9-10-11-14-24-20(22(28)29)16-21(27)25-19-15-17(26(30)31)12-13-18(19)23/h12-13,15,20,24H,2-11,14,16H2,1H3,(H,25,27)(H,28,29). The van der Waals surface area contributed by atoms with Crippen molar-refractivity contribution in [3.05, 3.63) is 33.3 Å². The van der Waals surface area contributed by atoms with E-state index < -0.39 is 22.8 Å². The first-order valence-electron chi connectivity index (χ1n) is 11.0. The minimum atomic E-state index is -1.12. The van der Waals surface area contributed by atoms with Crippen molar-refractivity contribution in [1.82, 2.24) is 5.32 Å². The summed E-state index contributed by atoms with van der Waals surface area (Å²) in [5, 5.41) is 25.7. The normalized spacial score (nSPS) is 11.8. The van der Waals surface area contributed by atoms with E-state index in [0.717, 1.165) is 25.3 Å². The summed E-state index contributed by atoms with van der Waals surface area (Å²) in [5.41, 5.74) is -0.131. The zero-order chi connectivity index (χ0) is 23.1. The maximum absolute atomic E-state index is 12.2.